The number of nitrogens with two attached hydrogens (primary N) is 1. The van der Waals surface area contributed by atoms with Gasteiger partial charge in [-0.3, -0.25) is 0 Å². The minimum atomic E-state index is 0.620. The molecule has 0 bridgehead atoms. The summed E-state index contributed by atoms with van der Waals surface area (Å²) in [5.74, 6) is 0.963. The van der Waals surface area contributed by atoms with Gasteiger partial charge >= 0.3 is 0 Å². The molecular formula is C9H18N2. The normalized spacial score (nSPS) is 17.4. The summed E-state index contributed by atoms with van der Waals surface area (Å²) in [7, 11) is 2.14. The van der Waals surface area contributed by atoms with E-state index < -0.39 is 0 Å². The smallest absolute Gasteiger partial charge is 0.0199 e. The van der Waals surface area contributed by atoms with Crippen molar-refractivity contribution in [3.8, 4) is 0 Å². The zero-order chi connectivity index (χ0) is 8.27. The first-order chi connectivity index (χ1) is 5.22. The highest BCUT2D eigenvalue weighted by atomic mass is 15.1. The van der Waals surface area contributed by atoms with Gasteiger partial charge in [-0.2, -0.15) is 0 Å². The van der Waals surface area contributed by atoms with E-state index in [0.717, 1.165) is 18.0 Å². The Bertz CT molecular complexity index is 138. The van der Waals surface area contributed by atoms with Crippen molar-refractivity contribution < 1.29 is 0 Å². The molecule has 0 aromatic carbocycles. The van der Waals surface area contributed by atoms with Gasteiger partial charge < -0.3 is 10.6 Å². The molecule has 0 heterocycles. The average Bonchev–Trinajstić information content (AvgIpc) is 2.71. The number of likely N-dealkylation sites (N-methyl/N-ethyl adjacent to an activating group) is 1. The molecule has 0 amide bonds. The second-order valence-corrected chi connectivity index (χ2v) is 3.59. The maximum atomic E-state index is 5.44. The van der Waals surface area contributed by atoms with Crippen LogP contribution in [0, 0.1) is 5.92 Å². The van der Waals surface area contributed by atoms with Crippen LogP contribution in [-0.2, 0) is 0 Å². The summed E-state index contributed by atoms with van der Waals surface area (Å²) in [5.41, 5.74) is 6.57. The van der Waals surface area contributed by atoms with Crippen molar-refractivity contribution in [1.29, 1.82) is 0 Å². The van der Waals surface area contributed by atoms with Gasteiger partial charge in [0.15, 0.2) is 0 Å². The summed E-state index contributed by atoms with van der Waals surface area (Å²) < 4.78 is 0. The molecule has 1 saturated carbocycles. The van der Waals surface area contributed by atoms with Crippen LogP contribution in [-0.4, -0.2) is 31.6 Å². The fourth-order valence-corrected chi connectivity index (χ4v) is 1.25. The Kier molecular flexibility index (Phi) is 3.09. The average molecular weight is 154 g/mol. The van der Waals surface area contributed by atoms with Gasteiger partial charge in [0.2, 0.25) is 0 Å². The third-order valence-corrected chi connectivity index (χ3v) is 2.05. The first-order valence-electron chi connectivity index (χ1n) is 4.27. The lowest BCUT2D eigenvalue weighted by molar-refractivity contribution is 0.345. The first kappa shape index (κ1) is 8.75. The van der Waals surface area contributed by atoms with Crippen LogP contribution >= 0.6 is 0 Å². The lowest BCUT2D eigenvalue weighted by Crippen LogP contribution is -2.25. The van der Waals surface area contributed by atoms with Crippen LogP contribution in [0.4, 0.5) is 0 Å². The van der Waals surface area contributed by atoms with Crippen molar-refractivity contribution in [2.75, 3.05) is 26.7 Å². The van der Waals surface area contributed by atoms with Gasteiger partial charge in [0.05, 0.1) is 0 Å². The van der Waals surface area contributed by atoms with E-state index in [1.165, 1.54) is 19.4 Å². The zero-order valence-corrected chi connectivity index (χ0v) is 7.34. The van der Waals surface area contributed by atoms with Crippen molar-refractivity contribution in [1.82, 2.24) is 4.90 Å². The molecule has 0 aromatic heterocycles. The summed E-state index contributed by atoms with van der Waals surface area (Å²) in [6.45, 7) is 6.68. The Morgan fingerprint density at radius 3 is 2.73 bits per heavy atom. The van der Waals surface area contributed by atoms with Gasteiger partial charge in [0.1, 0.15) is 0 Å². The number of hydrogen-bond donors (Lipinski definition) is 1. The van der Waals surface area contributed by atoms with Gasteiger partial charge in [-0.1, -0.05) is 6.58 Å². The predicted molar refractivity (Wildman–Crippen MR) is 48.4 cm³/mol. The summed E-state index contributed by atoms with van der Waals surface area (Å²) in [6.07, 6.45) is 2.83. The van der Waals surface area contributed by atoms with Crippen LogP contribution in [0.5, 0.6) is 0 Å². The third kappa shape index (κ3) is 3.54. The quantitative estimate of drug-likeness (QED) is 0.595. The van der Waals surface area contributed by atoms with Gasteiger partial charge in [0.25, 0.3) is 0 Å². The van der Waals surface area contributed by atoms with Crippen molar-refractivity contribution >= 4 is 0 Å². The molecule has 2 nitrogen and oxygen atoms in total. The monoisotopic (exact) mass is 154 g/mol. The van der Waals surface area contributed by atoms with Gasteiger partial charge in [-0.15, -0.1) is 0 Å². The van der Waals surface area contributed by atoms with E-state index in [0.29, 0.717) is 6.54 Å². The summed E-state index contributed by atoms with van der Waals surface area (Å²) >= 11 is 0. The van der Waals surface area contributed by atoms with E-state index in [4.69, 9.17) is 5.73 Å². The fourth-order valence-electron chi connectivity index (χ4n) is 1.25. The molecule has 0 unspecified atom stereocenters. The Morgan fingerprint density at radius 2 is 2.27 bits per heavy atom. The van der Waals surface area contributed by atoms with Crippen LogP contribution in [0.15, 0.2) is 12.2 Å². The van der Waals surface area contributed by atoms with Gasteiger partial charge in [-0.25, -0.2) is 0 Å². The first-order valence-corrected chi connectivity index (χ1v) is 4.27. The second kappa shape index (κ2) is 3.88. The van der Waals surface area contributed by atoms with Crippen molar-refractivity contribution in [3.63, 3.8) is 0 Å². The molecule has 1 aliphatic rings. The van der Waals surface area contributed by atoms with Crippen LogP contribution < -0.4 is 5.73 Å². The summed E-state index contributed by atoms with van der Waals surface area (Å²) in [5, 5.41) is 0. The number of nitrogens with zero attached hydrogens (tertiary/aromatic N) is 1. The molecule has 11 heavy (non-hydrogen) atoms. The molecule has 0 saturated heterocycles. The van der Waals surface area contributed by atoms with Gasteiger partial charge in [-0.05, 0) is 31.4 Å². The molecule has 2 heteroatoms. The standard InChI is InChI=1S/C9H18N2/c1-8(5-10)6-11(2)7-9-3-4-9/h9H,1,3-7,10H2,2H3. The molecule has 0 atom stereocenters. The van der Waals surface area contributed by atoms with Crippen LogP contribution in [0.3, 0.4) is 0 Å². The molecule has 0 spiro atoms. The molecular weight excluding hydrogens is 136 g/mol. The topological polar surface area (TPSA) is 29.3 Å². The Balaban J connectivity index is 2.08. The molecule has 0 aromatic rings. The van der Waals surface area contributed by atoms with E-state index >= 15 is 0 Å². The zero-order valence-electron chi connectivity index (χ0n) is 7.34. The van der Waals surface area contributed by atoms with Crippen LogP contribution in [0.1, 0.15) is 12.8 Å². The SMILES string of the molecule is C=C(CN)CN(C)CC1CC1. The maximum Gasteiger partial charge on any atom is 0.0199 e. The van der Waals surface area contributed by atoms with E-state index in [-0.39, 0.29) is 0 Å². The highest BCUT2D eigenvalue weighted by molar-refractivity contribution is 4.98. The fraction of sp³-hybridized carbons (Fsp3) is 0.778. The summed E-state index contributed by atoms with van der Waals surface area (Å²) in [6, 6.07) is 0. The van der Waals surface area contributed by atoms with E-state index in [1.54, 1.807) is 0 Å². The second-order valence-electron chi connectivity index (χ2n) is 3.59. The molecule has 64 valence electrons. The van der Waals surface area contributed by atoms with Crippen molar-refractivity contribution in [2.24, 2.45) is 11.7 Å². The molecule has 1 aliphatic carbocycles. The van der Waals surface area contributed by atoms with E-state index in [9.17, 15) is 0 Å². The van der Waals surface area contributed by atoms with E-state index in [1.807, 2.05) is 0 Å². The predicted octanol–water partition coefficient (Wildman–Crippen LogP) is 0.843. The highest BCUT2D eigenvalue weighted by Crippen LogP contribution is 2.29. The van der Waals surface area contributed by atoms with Crippen molar-refractivity contribution in [3.05, 3.63) is 12.2 Å². The van der Waals surface area contributed by atoms with Gasteiger partial charge in [0, 0.05) is 19.6 Å². The lowest BCUT2D eigenvalue weighted by Gasteiger charge is -2.16. The molecule has 0 radical (unpaired) electrons. The minimum absolute atomic E-state index is 0.620. The highest BCUT2D eigenvalue weighted by Gasteiger charge is 2.22. The lowest BCUT2D eigenvalue weighted by atomic mass is 10.3. The van der Waals surface area contributed by atoms with Crippen molar-refractivity contribution in [2.45, 2.75) is 12.8 Å². The van der Waals surface area contributed by atoms with Crippen LogP contribution in [0.25, 0.3) is 0 Å². The Labute approximate surface area is 69.1 Å². The van der Waals surface area contributed by atoms with Crippen LogP contribution in [0.2, 0.25) is 0 Å². The minimum Gasteiger partial charge on any atom is -0.327 e. The molecule has 1 fully saturated rings. The number of rotatable bonds is 5. The molecule has 1 rings (SSSR count). The largest absolute Gasteiger partial charge is 0.327 e. The Morgan fingerprint density at radius 1 is 1.64 bits per heavy atom. The number of hydrogen-bond acceptors (Lipinski definition) is 2. The molecule has 0 aliphatic heterocycles. The third-order valence-electron chi connectivity index (χ3n) is 2.05. The van der Waals surface area contributed by atoms with E-state index in [2.05, 4.69) is 18.5 Å². The molecule has 2 N–H and O–H groups in total. The summed E-state index contributed by atoms with van der Waals surface area (Å²) in [4.78, 5) is 2.31. The Hall–Kier alpha value is -0.340. The maximum absolute atomic E-state index is 5.44.